The van der Waals surface area contributed by atoms with E-state index < -0.39 is 0 Å². The van der Waals surface area contributed by atoms with Crippen LogP contribution in [-0.4, -0.2) is 32.5 Å². The molecule has 0 bridgehead atoms. The number of rotatable bonds is 5. The van der Waals surface area contributed by atoms with Crippen molar-refractivity contribution >= 4 is 29.1 Å². The van der Waals surface area contributed by atoms with Crippen molar-refractivity contribution in [1.29, 1.82) is 0 Å². The molecule has 1 atom stereocenters. The number of hydrogen-bond donors (Lipinski definition) is 3. The maximum absolute atomic E-state index is 11.9. The Kier molecular flexibility index (Phi) is 5.79. The smallest absolute Gasteiger partial charge is 0.251 e. The maximum Gasteiger partial charge on any atom is 0.251 e. The molecule has 1 unspecified atom stereocenters. The Morgan fingerprint density at radius 2 is 2.00 bits per heavy atom. The van der Waals surface area contributed by atoms with Gasteiger partial charge in [0.25, 0.3) is 5.91 Å². The minimum Gasteiger partial charge on any atom is -0.355 e. The van der Waals surface area contributed by atoms with Crippen molar-refractivity contribution in [2.45, 2.75) is 6.92 Å². The molecule has 0 fully saturated rings. The second kappa shape index (κ2) is 7.11. The van der Waals surface area contributed by atoms with Gasteiger partial charge in [0.2, 0.25) is 5.91 Å². The molecule has 0 aliphatic rings. The van der Waals surface area contributed by atoms with Gasteiger partial charge in [-0.25, -0.2) is 0 Å². The molecule has 1 aromatic carbocycles. The summed E-state index contributed by atoms with van der Waals surface area (Å²) in [5.41, 5.74) is 0.888. The first-order valence-corrected chi connectivity index (χ1v) is 6.34. The molecule has 0 spiro atoms. The fourth-order valence-electron chi connectivity index (χ4n) is 1.56. The predicted molar refractivity (Wildman–Crippen MR) is 76.6 cm³/mol. The van der Waals surface area contributed by atoms with Crippen molar-refractivity contribution in [1.82, 2.24) is 10.6 Å². The van der Waals surface area contributed by atoms with Gasteiger partial charge in [-0.2, -0.15) is 0 Å². The van der Waals surface area contributed by atoms with Crippen molar-refractivity contribution in [2.75, 3.05) is 26.0 Å². The molecule has 0 aliphatic carbocycles. The van der Waals surface area contributed by atoms with Crippen molar-refractivity contribution in [3.63, 3.8) is 0 Å². The lowest BCUT2D eigenvalue weighted by atomic mass is 10.1. The quantitative estimate of drug-likeness (QED) is 0.767. The van der Waals surface area contributed by atoms with Crippen LogP contribution in [0, 0.1) is 5.92 Å². The standard InChI is InChI=1S/C13H18ClN3O2/c1-8(7-15-2)12(18)17-11-6-9(13(19)16-3)4-5-10(11)14/h4-6,8,15H,7H2,1-3H3,(H,16,19)(H,17,18). The summed E-state index contributed by atoms with van der Waals surface area (Å²) in [5.74, 6) is -0.564. The first-order chi connectivity index (χ1) is 8.99. The second-order valence-corrected chi connectivity index (χ2v) is 4.63. The average molecular weight is 284 g/mol. The Morgan fingerprint density at radius 1 is 1.32 bits per heavy atom. The molecule has 104 valence electrons. The third-order valence-electron chi connectivity index (χ3n) is 2.67. The summed E-state index contributed by atoms with van der Waals surface area (Å²) in [4.78, 5) is 23.4. The number of anilines is 1. The average Bonchev–Trinajstić information content (AvgIpc) is 2.40. The van der Waals surface area contributed by atoms with Crippen LogP contribution in [0.25, 0.3) is 0 Å². The van der Waals surface area contributed by atoms with Crippen LogP contribution < -0.4 is 16.0 Å². The van der Waals surface area contributed by atoms with E-state index in [4.69, 9.17) is 11.6 Å². The van der Waals surface area contributed by atoms with Crippen LogP contribution in [0.2, 0.25) is 5.02 Å². The highest BCUT2D eigenvalue weighted by Crippen LogP contribution is 2.23. The molecule has 1 rings (SSSR count). The van der Waals surface area contributed by atoms with Crippen LogP contribution in [0.15, 0.2) is 18.2 Å². The Hall–Kier alpha value is -1.59. The van der Waals surface area contributed by atoms with E-state index in [-0.39, 0.29) is 17.7 Å². The molecule has 0 saturated carbocycles. The molecular weight excluding hydrogens is 266 g/mol. The van der Waals surface area contributed by atoms with E-state index in [9.17, 15) is 9.59 Å². The van der Waals surface area contributed by atoms with E-state index >= 15 is 0 Å². The number of carbonyl (C=O) groups is 2. The molecule has 6 heteroatoms. The predicted octanol–water partition coefficient (Wildman–Crippen LogP) is 1.49. The Labute approximate surface area is 117 Å². The lowest BCUT2D eigenvalue weighted by Crippen LogP contribution is -2.28. The number of hydrogen-bond acceptors (Lipinski definition) is 3. The van der Waals surface area contributed by atoms with Gasteiger partial charge < -0.3 is 16.0 Å². The summed E-state index contributed by atoms with van der Waals surface area (Å²) in [5, 5.41) is 8.57. The van der Waals surface area contributed by atoms with Crippen molar-refractivity contribution in [2.24, 2.45) is 5.92 Å². The van der Waals surface area contributed by atoms with Crippen LogP contribution in [-0.2, 0) is 4.79 Å². The van der Waals surface area contributed by atoms with E-state index in [1.165, 1.54) is 0 Å². The van der Waals surface area contributed by atoms with E-state index in [1.54, 1.807) is 32.3 Å². The van der Waals surface area contributed by atoms with Gasteiger partial charge in [0.15, 0.2) is 0 Å². The largest absolute Gasteiger partial charge is 0.355 e. The third-order valence-corrected chi connectivity index (χ3v) is 3.00. The van der Waals surface area contributed by atoms with Crippen LogP contribution >= 0.6 is 11.6 Å². The normalized spacial score (nSPS) is 11.8. The topological polar surface area (TPSA) is 70.2 Å². The Balaban J connectivity index is 2.88. The fraction of sp³-hybridized carbons (Fsp3) is 0.385. The van der Waals surface area contributed by atoms with Gasteiger partial charge in [0.05, 0.1) is 10.7 Å². The highest BCUT2D eigenvalue weighted by Gasteiger charge is 2.14. The van der Waals surface area contributed by atoms with Crippen molar-refractivity contribution in [3.05, 3.63) is 28.8 Å². The Bertz CT molecular complexity index is 477. The molecule has 0 aromatic heterocycles. The lowest BCUT2D eigenvalue weighted by Gasteiger charge is -2.13. The summed E-state index contributed by atoms with van der Waals surface area (Å²) in [6.07, 6.45) is 0. The van der Waals surface area contributed by atoms with E-state index in [0.29, 0.717) is 22.8 Å². The summed E-state index contributed by atoms with van der Waals surface area (Å²) in [6, 6.07) is 4.75. The van der Waals surface area contributed by atoms with Gasteiger partial charge in [-0.3, -0.25) is 9.59 Å². The minimum absolute atomic E-state index is 0.148. The minimum atomic E-state index is -0.226. The van der Waals surface area contributed by atoms with Gasteiger partial charge in [-0.05, 0) is 25.2 Å². The lowest BCUT2D eigenvalue weighted by molar-refractivity contribution is -0.119. The SMILES string of the molecule is CNCC(C)C(=O)Nc1cc(C(=O)NC)ccc1Cl. The number of benzene rings is 1. The van der Waals surface area contributed by atoms with E-state index in [1.807, 2.05) is 6.92 Å². The second-order valence-electron chi connectivity index (χ2n) is 4.22. The number of amides is 2. The van der Waals surface area contributed by atoms with Crippen LogP contribution in [0.1, 0.15) is 17.3 Å². The maximum atomic E-state index is 11.9. The zero-order chi connectivity index (χ0) is 14.4. The molecular formula is C13H18ClN3O2. The fourth-order valence-corrected chi connectivity index (χ4v) is 1.73. The highest BCUT2D eigenvalue weighted by molar-refractivity contribution is 6.33. The van der Waals surface area contributed by atoms with Gasteiger partial charge in [-0.1, -0.05) is 18.5 Å². The zero-order valence-corrected chi connectivity index (χ0v) is 12.0. The van der Waals surface area contributed by atoms with Crippen LogP contribution in [0.3, 0.4) is 0 Å². The first-order valence-electron chi connectivity index (χ1n) is 5.96. The van der Waals surface area contributed by atoms with E-state index in [2.05, 4.69) is 16.0 Å². The van der Waals surface area contributed by atoms with E-state index in [0.717, 1.165) is 0 Å². The number of nitrogens with one attached hydrogen (secondary N) is 3. The molecule has 0 heterocycles. The first kappa shape index (κ1) is 15.5. The molecule has 0 aliphatic heterocycles. The van der Waals surface area contributed by atoms with Crippen LogP contribution in [0.5, 0.6) is 0 Å². The van der Waals surface area contributed by atoms with Gasteiger partial charge in [0.1, 0.15) is 0 Å². The summed E-state index contributed by atoms with van der Waals surface area (Å²) < 4.78 is 0. The molecule has 2 amide bonds. The van der Waals surface area contributed by atoms with Crippen LogP contribution in [0.4, 0.5) is 5.69 Å². The summed E-state index contributed by atoms with van der Waals surface area (Å²) in [7, 11) is 3.33. The molecule has 19 heavy (non-hydrogen) atoms. The molecule has 5 nitrogen and oxygen atoms in total. The monoisotopic (exact) mass is 283 g/mol. The highest BCUT2D eigenvalue weighted by atomic mass is 35.5. The molecule has 1 aromatic rings. The summed E-state index contributed by atoms with van der Waals surface area (Å²) in [6.45, 7) is 2.38. The molecule has 0 saturated heterocycles. The molecule has 0 radical (unpaired) electrons. The van der Waals surface area contributed by atoms with Crippen molar-refractivity contribution in [3.8, 4) is 0 Å². The summed E-state index contributed by atoms with van der Waals surface area (Å²) >= 11 is 6.01. The zero-order valence-electron chi connectivity index (χ0n) is 11.2. The third kappa shape index (κ3) is 4.22. The Morgan fingerprint density at radius 3 is 2.58 bits per heavy atom. The van der Waals surface area contributed by atoms with Gasteiger partial charge in [0, 0.05) is 25.1 Å². The molecule has 3 N–H and O–H groups in total. The van der Waals surface area contributed by atoms with Crippen molar-refractivity contribution < 1.29 is 9.59 Å². The van der Waals surface area contributed by atoms with Gasteiger partial charge >= 0.3 is 0 Å². The van der Waals surface area contributed by atoms with Gasteiger partial charge in [-0.15, -0.1) is 0 Å². The number of carbonyl (C=O) groups excluding carboxylic acids is 2. The number of halogens is 1.